The van der Waals surface area contributed by atoms with Gasteiger partial charge in [0.05, 0.1) is 49.3 Å². The zero-order valence-electron chi connectivity index (χ0n) is 23.7. The molecular weight excluding hydrogens is 586 g/mol. The Morgan fingerprint density at radius 2 is 1.86 bits per heavy atom. The molecule has 44 heavy (non-hydrogen) atoms. The van der Waals surface area contributed by atoms with E-state index in [9.17, 15) is 32.3 Å². The van der Waals surface area contributed by atoms with Crippen molar-refractivity contribution in [1.29, 1.82) is 0 Å². The summed E-state index contributed by atoms with van der Waals surface area (Å²) in [5.74, 6) is -2.18. The van der Waals surface area contributed by atoms with Gasteiger partial charge in [0.25, 0.3) is 5.91 Å². The summed E-state index contributed by atoms with van der Waals surface area (Å²) < 4.78 is 70.4. The lowest BCUT2D eigenvalue weighted by molar-refractivity contribution is -0.265. The number of carbonyl (C=O) groups excluding carboxylic acids is 2. The van der Waals surface area contributed by atoms with Crippen LogP contribution in [0.4, 0.5) is 17.6 Å². The van der Waals surface area contributed by atoms with Crippen LogP contribution in [0.15, 0.2) is 48.7 Å². The van der Waals surface area contributed by atoms with Crippen LogP contribution in [0.1, 0.15) is 47.4 Å². The first kappa shape index (κ1) is 30.7. The van der Waals surface area contributed by atoms with Crippen LogP contribution >= 0.6 is 0 Å². The quantitative estimate of drug-likeness (QED) is 0.215. The first-order valence-corrected chi connectivity index (χ1v) is 13.7. The van der Waals surface area contributed by atoms with E-state index >= 15 is 0 Å². The molecule has 2 aromatic carbocycles. The highest BCUT2D eigenvalue weighted by molar-refractivity contribution is 6.00. The van der Waals surface area contributed by atoms with Gasteiger partial charge < -0.3 is 25.6 Å². The number of aliphatic hydroxyl groups is 1. The molecule has 5 rings (SSSR count). The second-order valence-corrected chi connectivity index (χ2v) is 10.4. The van der Waals surface area contributed by atoms with Gasteiger partial charge in [-0.3, -0.25) is 14.3 Å². The third kappa shape index (κ3) is 6.02. The van der Waals surface area contributed by atoms with Crippen LogP contribution in [-0.2, 0) is 16.8 Å². The lowest BCUT2D eigenvalue weighted by atomic mass is 9.93. The summed E-state index contributed by atoms with van der Waals surface area (Å²) in [7, 11) is 1.40. The molecule has 0 unspecified atom stereocenters. The van der Waals surface area contributed by atoms with Crippen molar-refractivity contribution >= 4 is 22.7 Å². The van der Waals surface area contributed by atoms with E-state index in [0.717, 1.165) is 31.0 Å². The summed E-state index contributed by atoms with van der Waals surface area (Å²) >= 11 is 0. The van der Waals surface area contributed by atoms with Crippen LogP contribution < -0.4 is 20.5 Å². The van der Waals surface area contributed by atoms with Crippen molar-refractivity contribution in [3.05, 3.63) is 71.3 Å². The smallest absolute Gasteiger partial charge is 0.424 e. The standard InChI is InChI=1S/C30H29F4N5O5/c1-3-44-27-17(13-25(35)40)12-24(37-26(27)16-4-6-19(31)7-5-16)29(42,30(32,33)34)15-36-28(41)18-10-22-21(23(11-18)43-2)14-39(38-22)20-8-9-20/h4-7,10-12,14,20,42H,3,8-9,13,15H2,1-2H3,(H2,35,40)(H,36,41)/t29-/m0/s1. The summed E-state index contributed by atoms with van der Waals surface area (Å²) in [6, 6.07) is 8.57. The third-order valence-corrected chi connectivity index (χ3v) is 7.23. The SMILES string of the molecule is CCOc1c(CC(N)=O)cc([C@@](O)(CNC(=O)c2cc(OC)c3cn(C4CC4)nc3c2)C(F)(F)F)nc1-c1ccc(F)cc1. The van der Waals surface area contributed by atoms with Crippen LogP contribution in [0.25, 0.3) is 22.2 Å². The molecule has 0 bridgehead atoms. The maximum atomic E-state index is 14.6. The lowest BCUT2D eigenvalue weighted by Crippen LogP contribution is -2.51. The third-order valence-electron chi connectivity index (χ3n) is 7.23. The van der Waals surface area contributed by atoms with Gasteiger partial charge in [0, 0.05) is 22.9 Å². The van der Waals surface area contributed by atoms with E-state index in [-0.39, 0.29) is 40.8 Å². The highest BCUT2D eigenvalue weighted by atomic mass is 19.4. The Kier molecular flexibility index (Phi) is 8.21. The van der Waals surface area contributed by atoms with Crippen molar-refractivity contribution in [3.63, 3.8) is 0 Å². The maximum Gasteiger partial charge on any atom is 0.424 e. The van der Waals surface area contributed by atoms with Crippen LogP contribution in [0.3, 0.4) is 0 Å². The number of nitrogens with one attached hydrogen (secondary N) is 1. The number of nitrogens with zero attached hydrogens (tertiary/aromatic N) is 3. The van der Waals surface area contributed by atoms with Gasteiger partial charge in [0.2, 0.25) is 11.5 Å². The van der Waals surface area contributed by atoms with E-state index < -0.39 is 48.1 Å². The van der Waals surface area contributed by atoms with Crippen LogP contribution in [-0.4, -0.2) is 58.1 Å². The van der Waals surface area contributed by atoms with E-state index in [1.54, 1.807) is 17.8 Å². The van der Waals surface area contributed by atoms with Crippen molar-refractivity contribution in [2.24, 2.45) is 5.73 Å². The number of carbonyl (C=O) groups is 2. The summed E-state index contributed by atoms with van der Waals surface area (Å²) in [4.78, 5) is 29.1. The van der Waals surface area contributed by atoms with Crippen LogP contribution in [0.5, 0.6) is 11.5 Å². The van der Waals surface area contributed by atoms with Gasteiger partial charge in [-0.1, -0.05) is 0 Å². The average Bonchev–Trinajstić information content (AvgIpc) is 3.74. The number of amides is 2. The number of rotatable bonds is 11. The lowest BCUT2D eigenvalue weighted by Gasteiger charge is -2.31. The number of methoxy groups -OCH3 is 1. The molecule has 4 aromatic rings. The average molecular weight is 616 g/mol. The summed E-state index contributed by atoms with van der Waals surface area (Å²) in [5.41, 5.74) is 0.974. The van der Waals surface area contributed by atoms with Gasteiger partial charge in [-0.25, -0.2) is 9.37 Å². The van der Waals surface area contributed by atoms with Crippen molar-refractivity contribution < 1.29 is 41.7 Å². The van der Waals surface area contributed by atoms with Crippen LogP contribution in [0, 0.1) is 5.82 Å². The fourth-order valence-corrected chi connectivity index (χ4v) is 4.81. The molecule has 1 saturated carbocycles. The molecule has 1 fully saturated rings. The minimum atomic E-state index is -5.35. The zero-order chi connectivity index (χ0) is 31.8. The molecule has 0 saturated heterocycles. The second-order valence-electron chi connectivity index (χ2n) is 10.4. The molecule has 0 spiro atoms. The van der Waals surface area contributed by atoms with Crippen molar-refractivity contribution in [3.8, 4) is 22.8 Å². The van der Waals surface area contributed by atoms with Gasteiger partial charge >= 0.3 is 6.18 Å². The first-order valence-electron chi connectivity index (χ1n) is 13.7. The summed E-state index contributed by atoms with van der Waals surface area (Å²) in [6.07, 6.45) is -2.19. The van der Waals surface area contributed by atoms with Gasteiger partial charge in [-0.15, -0.1) is 0 Å². The maximum absolute atomic E-state index is 14.6. The van der Waals surface area contributed by atoms with Gasteiger partial charge in [0.15, 0.2) is 0 Å². The molecule has 1 aliphatic carbocycles. The largest absolute Gasteiger partial charge is 0.496 e. The number of hydrogen-bond acceptors (Lipinski definition) is 7. The number of halogens is 4. The Balaban J connectivity index is 1.54. The van der Waals surface area contributed by atoms with Crippen molar-refractivity contribution in [2.75, 3.05) is 20.3 Å². The number of ether oxygens (including phenoxy) is 2. The normalized spacial score (nSPS) is 14.7. The number of fused-ring (bicyclic) bond motifs is 1. The first-order chi connectivity index (χ1) is 20.8. The predicted octanol–water partition coefficient (Wildman–Crippen LogP) is 4.19. The molecule has 232 valence electrons. The molecule has 10 nitrogen and oxygen atoms in total. The molecule has 2 aromatic heterocycles. The summed E-state index contributed by atoms with van der Waals surface area (Å²) in [5, 5.41) is 18.5. The molecular formula is C30H29F4N5O5. The fraction of sp³-hybridized carbons (Fsp3) is 0.333. The molecule has 0 aliphatic heterocycles. The number of aromatic nitrogens is 3. The van der Waals surface area contributed by atoms with Gasteiger partial charge in [0.1, 0.15) is 23.0 Å². The Labute approximate surface area is 248 Å². The number of hydrogen-bond donors (Lipinski definition) is 3. The predicted molar refractivity (Wildman–Crippen MR) is 151 cm³/mol. The van der Waals surface area contributed by atoms with E-state index in [0.29, 0.717) is 16.7 Å². The Hall–Kier alpha value is -4.72. The Morgan fingerprint density at radius 1 is 1.16 bits per heavy atom. The van der Waals surface area contributed by atoms with E-state index in [4.69, 9.17) is 15.2 Å². The fourth-order valence-electron chi connectivity index (χ4n) is 4.81. The number of primary amides is 1. The van der Waals surface area contributed by atoms with Gasteiger partial charge in [-0.2, -0.15) is 18.3 Å². The topological polar surface area (TPSA) is 142 Å². The van der Waals surface area contributed by atoms with Gasteiger partial charge in [-0.05, 0) is 62.2 Å². The van der Waals surface area contributed by atoms with E-state index in [1.165, 1.54) is 31.4 Å². The minimum absolute atomic E-state index is 0.0407. The van der Waals surface area contributed by atoms with Crippen molar-refractivity contribution in [2.45, 2.75) is 44.0 Å². The number of pyridine rings is 1. The number of nitrogens with two attached hydrogens (primary N) is 1. The number of alkyl halides is 3. The highest BCUT2D eigenvalue weighted by Gasteiger charge is 2.56. The van der Waals surface area contributed by atoms with Crippen LogP contribution in [0.2, 0.25) is 0 Å². The summed E-state index contributed by atoms with van der Waals surface area (Å²) in [6.45, 7) is 0.320. The minimum Gasteiger partial charge on any atom is -0.496 e. The second kappa shape index (κ2) is 11.8. The number of benzene rings is 2. The zero-order valence-corrected chi connectivity index (χ0v) is 23.7. The van der Waals surface area contributed by atoms with Crippen molar-refractivity contribution in [1.82, 2.24) is 20.1 Å². The highest BCUT2D eigenvalue weighted by Crippen LogP contribution is 2.42. The molecule has 4 N–H and O–H groups in total. The molecule has 1 atom stereocenters. The molecule has 2 amide bonds. The molecule has 14 heteroatoms. The molecule has 0 radical (unpaired) electrons. The monoisotopic (exact) mass is 615 g/mol. The Morgan fingerprint density at radius 3 is 2.45 bits per heavy atom. The van der Waals surface area contributed by atoms with E-state index in [1.807, 2.05) is 0 Å². The van der Waals surface area contributed by atoms with E-state index in [2.05, 4.69) is 15.4 Å². The Bertz CT molecular complexity index is 1720. The molecule has 2 heterocycles. The molecule has 1 aliphatic rings.